The molecule has 56 valence electrons. The molecule has 1 aliphatic carbocycles. The number of hydrogen-bond acceptors (Lipinski definition) is 2. The van der Waals surface area contributed by atoms with Gasteiger partial charge >= 0.3 is 6.09 Å². The van der Waals surface area contributed by atoms with Crippen molar-refractivity contribution in [2.75, 3.05) is 6.54 Å². The first kappa shape index (κ1) is 6.01. The van der Waals surface area contributed by atoms with Gasteiger partial charge in [-0.1, -0.05) is 6.92 Å². The van der Waals surface area contributed by atoms with Crippen LogP contribution in [0.2, 0.25) is 0 Å². The number of nitrogens with one attached hydrogen (secondary N) is 1. The fraction of sp³-hybridized carbons (Fsp3) is 0.857. The third kappa shape index (κ3) is 0.856. The number of amides is 1. The highest BCUT2D eigenvalue weighted by molar-refractivity contribution is 5.69. The quantitative estimate of drug-likeness (QED) is 0.585. The summed E-state index contributed by atoms with van der Waals surface area (Å²) in [5.74, 6) is 1.40. The van der Waals surface area contributed by atoms with Gasteiger partial charge in [0.25, 0.3) is 0 Å². The molecule has 3 heteroatoms. The zero-order valence-corrected chi connectivity index (χ0v) is 5.96. The topological polar surface area (TPSA) is 38.3 Å². The van der Waals surface area contributed by atoms with E-state index in [9.17, 15) is 4.79 Å². The first-order valence-electron chi connectivity index (χ1n) is 3.72. The second kappa shape index (κ2) is 1.87. The summed E-state index contributed by atoms with van der Waals surface area (Å²) in [4.78, 5) is 10.6. The average molecular weight is 141 g/mol. The number of carbonyl (C=O) groups excluding carboxylic acids is 1. The zero-order chi connectivity index (χ0) is 7.14. The molecule has 0 aromatic carbocycles. The third-order valence-corrected chi connectivity index (χ3v) is 2.36. The van der Waals surface area contributed by atoms with Crippen LogP contribution < -0.4 is 5.32 Å². The Balaban J connectivity index is 1.90. The minimum absolute atomic E-state index is 0.169. The molecule has 0 aromatic rings. The van der Waals surface area contributed by atoms with Gasteiger partial charge in [0.15, 0.2) is 0 Å². The van der Waals surface area contributed by atoms with Crippen LogP contribution in [0.1, 0.15) is 13.3 Å². The van der Waals surface area contributed by atoms with Crippen molar-refractivity contribution < 1.29 is 9.53 Å². The van der Waals surface area contributed by atoms with Gasteiger partial charge in [0.05, 0.1) is 6.54 Å². The molecule has 0 aromatic heterocycles. The second-order valence-electron chi connectivity index (χ2n) is 3.20. The predicted octanol–water partition coefficient (Wildman–Crippen LogP) is 0.751. The molecular weight excluding hydrogens is 130 g/mol. The maximum absolute atomic E-state index is 10.6. The Morgan fingerprint density at radius 3 is 2.80 bits per heavy atom. The van der Waals surface area contributed by atoms with Crippen LogP contribution in [0, 0.1) is 11.8 Å². The molecule has 0 radical (unpaired) electrons. The van der Waals surface area contributed by atoms with Crippen LogP contribution in [0.5, 0.6) is 0 Å². The zero-order valence-electron chi connectivity index (χ0n) is 5.96. The van der Waals surface area contributed by atoms with Crippen molar-refractivity contribution in [3.63, 3.8) is 0 Å². The third-order valence-electron chi connectivity index (χ3n) is 2.36. The molecule has 3 atom stereocenters. The van der Waals surface area contributed by atoms with Gasteiger partial charge in [-0.05, 0) is 12.3 Å². The van der Waals surface area contributed by atoms with Crippen molar-refractivity contribution in [2.24, 2.45) is 11.8 Å². The van der Waals surface area contributed by atoms with E-state index in [4.69, 9.17) is 4.74 Å². The van der Waals surface area contributed by atoms with Gasteiger partial charge in [0.2, 0.25) is 0 Å². The van der Waals surface area contributed by atoms with Crippen molar-refractivity contribution >= 4 is 6.09 Å². The lowest BCUT2D eigenvalue weighted by Crippen LogP contribution is -2.16. The van der Waals surface area contributed by atoms with Gasteiger partial charge in [-0.3, -0.25) is 0 Å². The lowest BCUT2D eigenvalue weighted by Gasteiger charge is -2.03. The Morgan fingerprint density at radius 1 is 1.70 bits per heavy atom. The van der Waals surface area contributed by atoms with Gasteiger partial charge in [-0.15, -0.1) is 0 Å². The van der Waals surface area contributed by atoms with E-state index in [-0.39, 0.29) is 12.2 Å². The fourth-order valence-corrected chi connectivity index (χ4v) is 1.51. The minimum Gasteiger partial charge on any atom is -0.444 e. The van der Waals surface area contributed by atoms with Gasteiger partial charge in [0, 0.05) is 5.92 Å². The molecule has 2 fully saturated rings. The fourth-order valence-electron chi connectivity index (χ4n) is 1.51. The van der Waals surface area contributed by atoms with Crippen LogP contribution in [0.4, 0.5) is 4.79 Å². The molecule has 0 spiro atoms. The van der Waals surface area contributed by atoms with E-state index in [1.165, 1.54) is 6.42 Å². The summed E-state index contributed by atoms with van der Waals surface area (Å²) in [7, 11) is 0. The molecule has 1 N–H and O–H groups in total. The minimum atomic E-state index is -0.246. The molecule has 1 saturated carbocycles. The van der Waals surface area contributed by atoms with E-state index < -0.39 is 0 Å². The van der Waals surface area contributed by atoms with Crippen LogP contribution in [-0.4, -0.2) is 18.7 Å². The van der Waals surface area contributed by atoms with Crippen LogP contribution in [0.3, 0.4) is 0 Å². The lowest BCUT2D eigenvalue weighted by atomic mass is 10.2. The Bertz CT molecular complexity index is 169. The van der Waals surface area contributed by atoms with Gasteiger partial charge in [-0.25, -0.2) is 4.79 Å². The maximum atomic E-state index is 10.6. The van der Waals surface area contributed by atoms with Crippen molar-refractivity contribution in [1.82, 2.24) is 5.32 Å². The smallest absolute Gasteiger partial charge is 0.407 e. The van der Waals surface area contributed by atoms with E-state index in [1.807, 2.05) is 0 Å². The Hall–Kier alpha value is -0.730. The van der Waals surface area contributed by atoms with Crippen LogP contribution in [0.15, 0.2) is 0 Å². The number of cyclic esters (lactones) is 1. The normalized spacial score (nSPS) is 44.5. The first-order chi connectivity index (χ1) is 4.77. The van der Waals surface area contributed by atoms with Crippen molar-refractivity contribution in [2.45, 2.75) is 19.4 Å². The van der Waals surface area contributed by atoms with Gasteiger partial charge in [0.1, 0.15) is 6.10 Å². The summed E-state index contributed by atoms with van der Waals surface area (Å²) in [6.45, 7) is 2.91. The molecule has 10 heavy (non-hydrogen) atoms. The summed E-state index contributed by atoms with van der Waals surface area (Å²) in [6, 6.07) is 0. The molecule has 1 amide bonds. The largest absolute Gasteiger partial charge is 0.444 e. The number of ether oxygens (including phenoxy) is 1. The molecule has 1 heterocycles. The van der Waals surface area contributed by atoms with E-state index >= 15 is 0 Å². The number of alkyl carbamates (subject to hydrolysis) is 1. The van der Waals surface area contributed by atoms with Crippen LogP contribution >= 0.6 is 0 Å². The molecule has 1 aliphatic heterocycles. The molecule has 3 unspecified atom stereocenters. The van der Waals surface area contributed by atoms with Gasteiger partial charge in [-0.2, -0.15) is 0 Å². The highest BCUT2D eigenvalue weighted by Crippen LogP contribution is 2.42. The molecule has 2 rings (SSSR count). The van der Waals surface area contributed by atoms with Crippen LogP contribution in [-0.2, 0) is 4.74 Å². The second-order valence-corrected chi connectivity index (χ2v) is 3.20. The van der Waals surface area contributed by atoms with Crippen molar-refractivity contribution in [3.8, 4) is 0 Å². The lowest BCUT2D eigenvalue weighted by molar-refractivity contribution is 0.127. The van der Waals surface area contributed by atoms with E-state index in [0.29, 0.717) is 12.5 Å². The highest BCUT2D eigenvalue weighted by atomic mass is 16.6. The molecule has 1 saturated heterocycles. The standard InChI is InChI=1S/C7H11NO2/c1-4-2-5(4)6-3-8-7(9)10-6/h4-6H,2-3H2,1H3,(H,8,9). The predicted molar refractivity (Wildman–Crippen MR) is 35.5 cm³/mol. The Morgan fingerprint density at radius 2 is 2.40 bits per heavy atom. The molecule has 0 bridgehead atoms. The van der Waals surface area contributed by atoms with Gasteiger partial charge < -0.3 is 10.1 Å². The number of rotatable bonds is 1. The summed E-state index contributed by atoms with van der Waals surface area (Å²) in [6.07, 6.45) is 1.14. The van der Waals surface area contributed by atoms with E-state index in [1.54, 1.807) is 0 Å². The average Bonchev–Trinajstić information content (AvgIpc) is 2.42. The van der Waals surface area contributed by atoms with E-state index in [0.717, 1.165) is 5.92 Å². The summed E-state index contributed by atoms with van der Waals surface area (Å²) in [5, 5.41) is 2.65. The van der Waals surface area contributed by atoms with Crippen molar-refractivity contribution in [3.05, 3.63) is 0 Å². The van der Waals surface area contributed by atoms with Crippen molar-refractivity contribution in [1.29, 1.82) is 0 Å². The SMILES string of the molecule is CC1CC1C1CNC(=O)O1. The molecular formula is C7H11NO2. The summed E-state index contributed by atoms with van der Waals surface area (Å²) >= 11 is 0. The highest BCUT2D eigenvalue weighted by Gasteiger charge is 2.43. The van der Waals surface area contributed by atoms with Crippen LogP contribution in [0.25, 0.3) is 0 Å². The molecule has 2 aliphatic rings. The number of carbonyl (C=O) groups is 1. The summed E-state index contributed by atoms with van der Waals surface area (Å²) in [5.41, 5.74) is 0. The Kier molecular flexibility index (Phi) is 1.13. The first-order valence-corrected chi connectivity index (χ1v) is 3.72. The molecule has 3 nitrogen and oxygen atoms in total. The Labute approximate surface area is 59.7 Å². The maximum Gasteiger partial charge on any atom is 0.407 e. The number of hydrogen-bond donors (Lipinski definition) is 1. The van der Waals surface area contributed by atoms with E-state index in [2.05, 4.69) is 12.2 Å². The summed E-state index contributed by atoms with van der Waals surface area (Å²) < 4.78 is 5.01. The monoisotopic (exact) mass is 141 g/mol.